The second kappa shape index (κ2) is 7.75. The van der Waals surface area contributed by atoms with Crippen molar-refractivity contribution < 1.29 is 0 Å². The van der Waals surface area contributed by atoms with Crippen molar-refractivity contribution >= 4 is 17.0 Å². The van der Waals surface area contributed by atoms with Crippen molar-refractivity contribution in [2.24, 2.45) is 7.05 Å². The summed E-state index contributed by atoms with van der Waals surface area (Å²) in [5, 5.41) is 1.27. The normalized spacial score (nSPS) is 8.56. The Hall–Kier alpha value is -1.50. The fourth-order valence-electron chi connectivity index (χ4n) is 1.54. The SMILES string of the molecule is C=Cc1cn(C)c2ccccc12.CC.CC. The first-order valence-electron chi connectivity index (χ1n) is 5.99. The molecule has 2 aromatic rings. The monoisotopic (exact) mass is 217 g/mol. The molecule has 0 spiro atoms. The van der Waals surface area contributed by atoms with Crippen LogP contribution in [-0.4, -0.2) is 4.57 Å². The van der Waals surface area contributed by atoms with Crippen LogP contribution in [0.1, 0.15) is 33.3 Å². The van der Waals surface area contributed by atoms with Gasteiger partial charge in [0.05, 0.1) is 0 Å². The van der Waals surface area contributed by atoms with E-state index in [9.17, 15) is 0 Å². The van der Waals surface area contributed by atoms with E-state index in [1.54, 1.807) is 0 Å². The zero-order chi connectivity index (χ0) is 12.6. The zero-order valence-corrected chi connectivity index (χ0v) is 11.1. The summed E-state index contributed by atoms with van der Waals surface area (Å²) in [4.78, 5) is 0. The molecule has 1 aromatic heterocycles. The summed E-state index contributed by atoms with van der Waals surface area (Å²) in [6.45, 7) is 11.8. The Morgan fingerprint density at radius 1 is 1.06 bits per heavy atom. The highest BCUT2D eigenvalue weighted by atomic mass is 14.9. The molecule has 0 aliphatic carbocycles. The quantitative estimate of drug-likeness (QED) is 0.642. The van der Waals surface area contributed by atoms with Gasteiger partial charge in [0, 0.05) is 24.1 Å². The van der Waals surface area contributed by atoms with Crippen LogP contribution in [0, 0.1) is 0 Å². The smallest absolute Gasteiger partial charge is 0.0483 e. The number of rotatable bonds is 1. The molecule has 1 heteroatoms. The predicted octanol–water partition coefficient (Wildman–Crippen LogP) is 4.87. The summed E-state index contributed by atoms with van der Waals surface area (Å²) in [6, 6.07) is 8.33. The minimum atomic E-state index is 1.20. The molecule has 0 aliphatic heterocycles. The molecule has 0 fully saturated rings. The van der Waals surface area contributed by atoms with Crippen LogP contribution < -0.4 is 0 Å². The van der Waals surface area contributed by atoms with Gasteiger partial charge in [0.1, 0.15) is 0 Å². The fraction of sp³-hybridized carbons (Fsp3) is 0.333. The number of hydrogen-bond donors (Lipinski definition) is 0. The van der Waals surface area contributed by atoms with Gasteiger partial charge in [-0.15, -0.1) is 0 Å². The molecule has 88 valence electrons. The summed E-state index contributed by atoms with van der Waals surface area (Å²) in [5.41, 5.74) is 2.46. The van der Waals surface area contributed by atoms with Crippen LogP contribution in [0.5, 0.6) is 0 Å². The predicted molar refractivity (Wildman–Crippen MR) is 75.7 cm³/mol. The van der Waals surface area contributed by atoms with E-state index in [0.717, 1.165) is 0 Å². The van der Waals surface area contributed by atoms with Crippen molar-refractivity contribution in [1.29, 1.82) is 0 Å². The first-order chi connectivity index (χ1) is 7.83. The van der Waals surface area contributed by atoms with Crippen LogP contribution >= 0.6 is 0 Å². The standard InChI is InChI=1S/C11H11N.2C2H6/c1-3-9-8-12(2)11-7-5-4-6-10(9)11;2*1-2/h3-8H,1H2,2H3;2*1-2H3. The van der Waals surface area contributed by atoms with Gasteiger partial charge in [-0.25, -0.2) is 0 Å². The highest BCUT2D eigenvalue weighted by Crippen LogP contribution is 2.20. The van der Waals surface area contributed by atoms with Gasteiger partial charge in [0.2, 0.25) is 0 Å². The van der Waals surface area contributed by atoms with E-state index in [4.69, 9.17) is 0 Å². The summed E-state index contributed by atoms with van der Waals surface area (Å²) in [5.74, 6) is 0. The zero-order valence-electron chi connectivity index (χ0n) is 11.1. The van der Waals surface area contributed by atoms with Crippen LogP contribution in [-0.2, 0) is 7.05 Å². The van der Waals surface area contributed by atoms with Crippen LogP contribution in [0.15, 0.2) is 37.0 Å². The molecule has 0 unspecified atom stereocenters. The molecule has 1 nitrogen and oxygen atoms in total. The number of aryl methyl sites for hydroxylation is 1. The number of fused-ring (bicyclic) bond motifs is 1. The molecule has 16 heavy (non-hydrogen) atoms. The first-order valence-corrected chi connectivity index (χ1v) is 5.99. The van der Waals surface area contributed by atoms with Gasteiger partial charge >= 0.3 is 0 Å². The lowest BCUT2D eigenvalue weighted by atomic mass is 10.2. The van der Waals surface area contributed by atoms with E-state index >= 15 is 0 Å². The van der Waals surface area contributed by atoms with Crippen LogP contribution in [0.4, 0.5) is 0 Å². The second-order valence-electron chi connectivity index (χ2n) is 2.92. The molecule has 0 amide bonds. The van der Waals surface area contributed by atoms with Crippen molar-refractivity contribution in [3.8, 4) is 0 Å². The maximum atomic E-state index is 3.78. The second-order valence-corrected chi connectivity index (χ2v) is 2.92. The third kappa shape index (κ3) is 2.99. The van der Waals surface area contributed by atoms with E-state index in [2.05, 4.69) is 48.7 Å². The maximum Gasteiger partial charge on any atom is 0.0483 e. The summed E-state index contributed by atoms with van der Waals surface area (Å²) in [7, 11) is 2.05. The Labute approximate surface area is 99.4 Å². The van der Waals surface area contributed by atoms with Gasteiger partial charge in [0.15, 0.2) is 0 Å². The lowest BCUT2D eigenvalue weighted by Crippen LogP contribution is -1.81. The van der Waals surface area contributed by atoms with E-state index in [-0.39, 0.29) is 0 Å². The van der Waals surface area contributed by atoms with Gasteiger partial charge in [-0.3, -0.25) is 0 Å². The lowest BCUT2D eigenvalue weighted by molar-refractivity contribution is 0.968. The lowest BCUT2D eigenvalue weighted by Gasteiger charge is -1.92. The molecule has 0 saturated carbocycles. The van der Waals surface area contributed by atoms with E-state index < -0.39 is 0 Å². The van der Waals surface area contributed by atoms with Crippen molar-refractivity contribution in [3.05, 3.63) is 42.6 Å². The molecular weight excluding hydrogens is 194 g/mol. The van der Waals surface area contributed by atoms with Gasteiger partial charge in [-0.1, -0.05) is 58.5 Å². The van der Waals surface area contributed by atoms with Crippen molar-refractivity contribution in [2.75, 3.05) is 0 Å². The Balaban J connectivity index is 0.000000509. The van der Waals surface area contributed by atoms with Crippen molar-refractivity contribution in [3.63, 3.8) is 0 Å². The Morgan fingerprint density at radius 2 is 1.62 bits per heavy atom. The summed E-state index contributed by atoms with van der Waals surface area (Å²) < 4.78 is 2.12. The average Bonchev–Trinajstić information content (AvgIpc) is 2.72. The maximum absolute atomic E-state index is 3.78. The van der Waals surface area contributed by atoms with Crippen LogP contribution in [0.2, 0.25) is 0 Å². The summed E-state index contributed by atoms with van der Waals surface area (Å²) >= 11 is 0. The van der Waals surface area contributed by atoms with Crippen molar-refractivity contribution in [1.82, 2.24) is 4.57 Å². The third-order valence-electron chi connectivity index (χ3n) is 2.15. The largest absolute Gasteiger partial charge is 0.350 e. The summed E-state index contributed by atoms with van der Waals surface area (Å²) in [6.07, 6.45) is 3.99. The number of hydrogen-bond acceptors (Lipinski definition) is 0. The number of para-hydroxylation sites is 1. The molecule has 0 bridgehead atoms. The minimum Gasteiger partial charge on any atom is -0.350 e. The molecule has 1 aromatic carbocycles. The average molecular weight is 217 g/mol. The molecule has 0 N–H and O–H groups in total. The molecule has 1 heterocycles. The molecule has 0 atom stereocenters. The Morgan fingerprint density at radius 3 is 2.19 bits per heavy atom. The minimum absolute atomic E-state index is 1.20. The molecule has 2 rings (SSSR count). The Kier molecular flexibility index (Phi) is 7.02. The van der Waals surface area contributed by atoms with Crippen LogP contribution in [0.25, 0.3) is 17.0 Å². The number of aromatic nitrogens is 1. The highest BCUT2D eigenvalue weighted by Gasteiger charge is 2.00. The van der Waals surface area contributed by atoms with Gasteiger partial charge < -0.3 is 4.57 Å². The molecule has 0 aliphatic rings. The molecule has 0 saturated heterocycles. The highest BCUT2D eigenvalue weighted by molar-refractivity contribution is 5.89. The van der Waals surface area contributed by atoms with E-state index in [1.165, 1.54) is 16.5 Å². The fourth-order valence-corrected chi connectivity index (χ4v) is 1.54. The molecular formula is C15H23N. The first kappa shape index (κ1) is 14.5. The number of benzene rings is 1. The van der Waals surface area contributed by atoms with Gasteiger partial charge in [0.25, 0.3) is 0 Å². The van der Waals surface area contributed by atoms with Gasteiger partial charge in [-0.2, -0.15) is 0 Å². The Bertz CT molecular complexity index is 424. The topological polar surface area (TPSA) is 4.93 Å². The third-order valence-corrected chi connectivity index (χ3v) is 2.15. The van der Waals surface area contributed by atoms with Crippen LogP contribution in [0.3, 0.4) is 0 Å². The number of nitrogens with zero attached hydrogens (tertiary/aromatic N) is 1. The van der Waals surface area contributed by atoms with Gasteiger partial charge in [-0.05, 0) is 11.6 Å². The molecule has 0 radical (unpaired) electrons. The van der Waals surface area contributed by atoms with E-state index in [0.29, 0.717) is 0 Å². The van der Waals surface area contributed by atoms with Crippen molar-refractivity contribution in [2.45, 2.75) is 27.7 Å². The van der Waals surface area contributed by atoms with E-state index in [1.807, 2.05) is 33.8 Å².